The molecular weight excluding hydrogens is 405 g/mol. The van der Waals surface area contributed by atoms with E-state index in [0.29, 0.717) is 27.4 Å². The number of amides is 1. The summed E-state index contributed by atoms with van der Waals surface area (Å²) in [5.41, 5.74) is 1.65. The highest BCUT2D eigenvalue weighted by Gasteiger charge is 2.11. The first-order valence-corrected chi connectivity index (χ1v) is 9.81. The van der Waals surface area contributed by atoms with Crippen LogP contribution in [0.2, 0.25) is 10.0 Å². The fraction of sp³-hybridized carbons (Fsp3) is 0.167. The summed E-state index contributed by atoms with van der Waals surface area (Å²) >= 11 is 13.0. The van der Waals surface area contributed by atoms with E-state index in [0.717, 1.165) is 11.5 Å². The molecule has 0 radical (unpaired) electrons. The molecule has 0 spiro atoms. The highest BCUT2D eigenvalue weighted by atomic mass is 35.5. The number of nitrogens with one attached hydrogen (secondary N) is 2. The number of hydrogen-bond acceptors (Lipinski definition) is 5. The lowest BCUT2D eigenvalue weighted by atomic mass is 10.3. The molecule has 9 heteroatoms. The first-order valence-electron chi connectivity index (χ1n) is 8.07. The van der Waals surface area contributed by atoms with E-state index in [2.05, 4.69) is 20.8 Å². The Hall–Kier alpha value is -2.22. The minimum atomic E-state index is -0.119. The van der Waals surface area contributed by atoms with Crippen LogP contribution in [0.4, 0.5) is 11.4 Å². The summed E-state index contributed by atoms with van der Waals surface area (Å²) in [6.07, 6.45) is 0. The Morgan fingerprint density at radius 3 is 2.22 bits per heavy atom. The van der Waals surface area contributed by atoms with Crippen molar-refractivity contribution >= 4 is 52.2 Å². The Bertz CT molecular complexity index is 913. The van der Waals surface area contributed by atoms with Crippen LogP contribution in [0.25, 0.3) is 0 Å². The quantitative estimate of drug-likeness (QED) is 0.550. The van der Waals surface area contributed by atoms with Gasteiger partial charge in [0.15, 0.2) is 11.0 Å². The van der Waals surface area contributed by atoms with Crippen LogP contribution in [-0.4, -0.2) is 26.4 Å². The third-order valence-electron chi connectivity index (χ3n) is 3.68. The number of nitrogens with zero attached hydrogens (tertiary/aromatic N) is 3. The molecule has 0 aliphatic rings. The van der Waals surface area contributed by atoms with Crippen LogP contribution >= 0.6 is 35.0 Å². The van der Waals surface area contributed by atoms with Crippen LogP contribution < -0.4 is 10.6 Å². The van der Waals surface area contributed by atoms with Gasteiger partial charge >= 0.3 is 0 Å². The minimum absolute atomic E-state index is 0.119. The lowest BCUT2D eigenvalue weighted by Crippen LogP contribution is -2.14. The molecule has 0 saturated heterocycles. The molecule has 0 fully saturated rings. The van der Waals surface area contributed by atoms with Gasteiger partial charge in [-0.3, -0.25) is 4.79 Å². The van der Waals surface area contributed by atoms with Crippen molar-refractivity contribution in [3.05, 3.63) is 64.4 Å². The number of benzene rings is 2. The summed E-state index contributed by atoms with van der Waals surface area (Å²) in [4.78, 5) is 12.1. The topological polar surface area (TPSA) is 71.8 Å². The smallest absolute Gasteiger partial charge is 0.234 e. The molecule has 27 heavy (non-hydrogen) atoms. The number of carbonyl (C=O) groups excluding carboxylic acids is 1. The summed E-state index contributed by atoms with van der Waals surface area (Å²) in [5.74, 6) is 0.885. The third kappa shape index (κ3) is 5.63. The molecule has 0 saturated carbocycles. The van der Waals surface area contributed by atoms with E-state index >= 15 is 0 Å². The zero-order valence-electron chi connectivity index (χ0n) is 14.4. The Balaban J connectivity index is 1.51. The summed E-state index contributed by atoms with van der Waals surface area (Å²) in [7, 11) is 1.87. The predicted molar refractivity (Wildman–Crippen MR) is 111 cm³/mol. The molecule has 3 aromatic rings. The number of thioether (sulfide) groups is 1. The minimum Gasteiger partial charge on any atom is -0.378 e. The number of rotatable bonds is 7. The lowest BCUT2D eigenvalue weighted by molar-refractivity contribution is -0.113. The number of halogens is 2. The molecule has 2 aromatic carbocycles. The maximum absolute atomic E-state index is 12.1. The van der Waals surface area contributed by atoms with Gasteiger partial charge in [-0.1, -0.05) is 35.0 Å². The van der Waals surface area contributed by atoms with Crippen molar-refractivity contribution in [1.29, 1.82) is 0 Å². The predicted octanol–water partition coefficient (Wildman–Crippen LogP) is 4.46. The third-order valence-corrected chi connectivity index (χ3v) is 5.20. The van der Waals surface area contributed by atoms with Crippen LogP contribution in [0.3, 0.4) is 0 Å². The van der Waals surface area contributed by atoms with E-state index in [1.807, 2.05) is 35.9 Å². The molecule has 3 rings (SSSR count). The lowest BCUT2D eigenvalue weighted by Gasteiger charge is -2.07. The van der Waals surface area contributed by atoms with E-state index in [9.17, 15) is 4.79 Å². The first-order chi connectivity index (χ1) is 13.0. The average Bonchev–Trinajstić information content (AvgIpc) is 3.01. The SMILES string of the molecule is Cn1c(CNc2ccc(Cl)cc2)nnc1SCC(=O)Nc1ccc(Cl)cc1. The standard InChI is InChI=1S/C18H17Cl2N5OS/c1-25-16(10-21-14-6-2-12(19)3-7-14)23-24-18(25)27-11-17(26)22-15-8-4-13(20)5-9-15/h2-9,21H,10-11H2,1H3,(H,22,26). The van der Waals surface area contributed by atoms with Gasteiger partial charge in [0.25, 0.3) is 0 Å². The van der Waals surface area contributed by atoms with Gasteiger partial charge in [-0.05, 0) is 48.5 Å². The van der Waals surface area contributed by atoms with Gasteiger partial charge in [0.1, 0.15) is 0 Å². The van der Waals surface area contributed by atoms with Gasteiger partial charge < -0.3 is 15.2 Å². The van der Waals surface area contributed by atoms with Crippen molar-refractivity contribution in [3.8, 4) is 0 Å². The van der Waals surface area contributed by atoms with Crippen molar-refractivity contribution in [3.63, 3.8) is 0 Å². The molecule has 0 aliphatic heterocycles. The second-order valence-corrected chi connectivity index (χ2v) is 7.48. The summed E-state index contributed by atoms with van der Waals surface area (Å²) < 4.78 is 1.86. The maximum atomic E-state index is 12.1. The normalized spacial score (nSPS) is 10.6. The zero-order chi connectivity index (χ0) is 19.2. The number of anilines is 2. The number of hydrogen-bond donors (Lipinski definition) is 2. The average molecular weight is 422 g/mol. The second kappa shape index (κ2) is 9.12. The second-order valence-electron chi connectivity index (χ2n) is 5.66. The molecule has 1 heterocycles. The monoisotopic (exact) mass is 421 g/mol. The molecule has 6 nitrogen and oxygen atoms in total. The van der Waals surface area contributed by atoms with Crippen molar-refractivity contribution in [2.24, 2.45) is 7.05 Å². The van der Waals surface area contributed by atoms with Gasteiger partial charge in [0.2, 0.25) is 5.91 Å². The highest BCUT2D eigenvalue weighted by molar-refractivity contribution is 7.99. The number of aromatic nitrogens is 3. The Kier molecular flexibility index (Phi) is 6.60. The van der Waals surface area contributed by atoms with Crippen molar-refractivity contribution in [1.82, 2.24) is 14.8 Å². The molecule has 1 aromatic heterocycles. The molecule has 140 valence electrons. The van der Waals surface area contributed by atoms with Crippen LogP contribution in [-0.2, 0) is 18.4 Å². The van der Waals surface area contributed by atoms with E-state index in [1.165, 1.54) is 11.8 Å². The Labute approximate surface area is 171 Å². The summed E-state index contributed by atoms with van der Waals surface area (Å²) in [6.45, 7) is 0.517. The Morgan fingerprint density at radius 2 is 1.59 bits per heavy atom. The van der Waals surface area contributed by atoms with Crippen LogP contribution in [0.5, 0.6) is 0 Å². The van der Waals surface area contributed by atoms with Crippen LogP contribution in [0, 0.1) is 0 Å². The maximum Gasteiger partial charge on any atom is 0.234 e. The van der Waals surface area contributed by atoms with Gasteiger partial charge in [-0.2, -0.15) is 0 Å². The van der Waals surface area contributed by atoms with E-state index < -0.39 is 0 Å². The zero-order valence-corrected chi connectivity index (χ0v) is 16.8. The molecule has 1 amide bonds. The molecule has 2 N–H and O–H groups in total. The molecule has 0 aliphatic carbocycles. The Morgan fingerprint density at radius 1 is 1.00 bits per heavy atom. The molecule has 0 atom stereocenters. The molecular formula is C18H17Cl2N5OS. The number of carbonyl (C=O) groups is 1. The molecule has 0 unspecified atom stereocenters. The fourth-order valence-corrected chi connectivity index (χ4v) is 3.22. The fourth-order valence-electron chi connectivity index (χ4n) is 2.23. The van der Waals surface area contributed by atoms with E-state index in [-0.39, 0.29) is 11.7 Å². The summed E-state index contributed by atoms with van der Waals surface area (Å²) in [6, 6.07) is 14.4. The summed E-state index contributed by atoms with van der Waals surface area (Å²) in [5, 5.41) is 16.4. The highest BCUT2D eigenvalue weighted by Crippen LogP contribution is 2.19. The van der Waals surface area contributed by atoms with Gasteiger partial charge in [0.05, 0.1) is 12.3 Å². The van der Waals surface area contributed by atoms with E-state index in [1.54, 1.807) is 24.3 Å². The van der Waals surface area contributed by atoms with Crippen molar-refractivity contribution in [2.75, 3.05) is 16.4 Å². The first kappa shape index (κ1) is 19.5. The van der Waals surface area contributed by atoms with Crippen LogP contribution in [0.15, 0.2) is 53.7 Å². The molecule has 0 bridgehead atoms. The van der Waals surface area contributed by atoms with Gasteiger partial charge in [-0.15, -0.1) is 10.2 Å². The van der Waals surface area contributed by atoms with E-state index in [4.69, 9.17) is 23.2 Å². The van der Waals surface area contributed by atoms with Crippen molar-refractivity contribution < 1.29 is 4.79 Å². The van der Waals surface area contributed by atoms with Gasteiger partial charge in [-0.25, -0.2) is 0 Å². The van der Waals surface area contributed by atoms with Crippen molar-refractivity contribution in [2.45, 2.75) is 11.7 Å². The van der Waals surface area contributed by atoms with Crippen LogP contribution in [0.1, 0.15) is 5.82 Å². The largest absolute Gasteiger partial charge is 0.378 e. The van der Waals surface area contributed by atoms with Gasteiger partial charge in [0, 0.05) is 28.5 Å².